The zero-order valence-corrected chi connectivity index (χ0v) is 11.0. The summed E-state index contributed by atoms with van der Waals surface area (Å²) in [4.78, 5) is 12.7. The molecule has 0 aliphatic carbocycles. The number of hydrogen-bond donors (Lipinski definition) is 0. The van der Waals surface area contributed by atoms with E-state index >= 15 is 0 Å². The van der Waals surface area contributed by atoms with Crippen LogP contribution in [0.2, 0.25) is 0 Å². The third kappa shape index (κ3) is 5.24. The van der Waals surface area contributed by atoms with Crippen LogP contribution in [0.5, 0.6) is 0 Å². The van der Waals surface area contributed by atoms with Crippen LogP contribution in [0.4, 0.5) is 19.3 Å². The molecule has 0 aliphatic rings. The summed E-state index contributed by atoms with van der Waals surface area (Å²) in [6.45, 7) is 4.01. The smallest absolute Gasteiger partial charge is 0.414 e. The summed E-state index contributed by atoms with van der Waals surface area (Å²) in [5.74, 6) is -1.46. The number of anilines is 1. The van der Waals surface area contributed by atoms with Crippen LogP contribution < -0.4 is 4.90 Å². The van der Waals surface area contributed by atoms with E-state index in [1.165, 1.54) is 7.05 Å². The first-order valence-corrected chi connectivity index (χ1v) is 6.20. The Bertz CT molecular complexity index is 404. The lowest BCUT2D eigenvalue weighted by atomic mass is 10.2. The predicted octanol–water partition coefficient (Wildman–Crippen LogP) is 3.93. The molecule has 0 spiro atoms. The van der Waals surface area contributed by atoms with Crippen molar-refractivity contribution in [3.63, 3.8) is 0 Å². The van der Waals surface area contributed by atoms with Gasteiger partial charge in [0.15, 0.2) is 0 Å². The number of halogens is 2. The van der Waals surface area contributed by atoms with E-state index in [4.69, 9.17) is 4.74 Å². The van der Waals surface area contributed by atoms with Gasteiger partial charge in [-0.25, -0.2) is 13.6 Å². The molecule has 19 heavy (non-hydrogen) atoms. The van der Waals surface area contributed by atoms with Crippen LogP contribution in [0.3, 0.4) is 0 Å². The van der Waals surface area contributed by atoms with Crippen molar-refractivity contribution in [3.05, 3.63) is 36.8 Å². The third-order valence-corrected chi connectivity index (χ3v) is 2.63. The number of unbranched alkanes of at least 4 members (excludes halogenated alkanes) is 3. The first-order chi connectivity index (χ1) is 9.04. The Kier molecular flexibility index (Phi) is 6.25. The fourth-order valence-electron chi connectivity index (χ4n) is 1.55. The van der Waals surface area contributed by atoms with Crippen LogP contribution in [0.1, 0.15) is 25.7 Å². The molecule has 0 aromatic heterocycles. The minimum absolute atomic E-state index is 0.125. The minimum Gasteiger partial charge on any atom is -0.449 e. The van der Waals surface area contributed by atoms with Gasteiger partial charge in [0.1, 0.15) is 11.6 Å². The molecule has 1 radical (unpaired) electrons. The predicted molar refractivity (Wildman–Crippen MR) is 69.9 cm³/mol. The Morgan fingerprint density at radius 1 is 1.21 bits per heavy atom. The molecule has 0 saturated carbocycles. The summed E-state index contributed by atoms with van der Waals surface area (Å²) in [5.41, 5.74) is 0.125. The van der Waals surface area contributed by atoms with E-state index in [1.807, 2.05) is 0 Å². The van der Waals surface area contributed by atoms with Crippen LogP contribution in [-0.2, 0) is 4.74 Å². The lowest BCUT2D eigenvalue weighted by molar-refractivity contribution is 0.152. The summed E-state index contributed by atoms with van der Waals surface area (Å²) in [6, 6.07) is 2.90. The molecule has 0 heterocycles. The van der Waals surface area contributed by atoms with Gasteiger partial charge in [0.2, 0.25) is 0 Å². The van der Waals surface area contributed by atoms with Crippen molar-refractivity contribution in [1.29, 1.82) is 0 Å². The van der Waals surface area contributed by atoms with Crippen molar-refractivity contribution >= 4 is 11.8 Å². The number of hydrogen-bond acceptors (Lipinski definition) is 2. The molecule has 5 heteroatoms. The van der Waals surface area contributed by atoms with E-state index in [0.717, 1.165) is 48.8 Å². The van der Waals surface area contributed by atoms with Gasteiger partial charge >= 0.3 is 6.09 Å². The van der Waals surface area contributed by atoms with Crippen LogP contribution >= 0.6 is 0 Å². The molecule has 1 amide bonds. The SMILES string of the molecule is [CH2]CCCCCOC(=O)N(C)c1cc(F)cc(F)c1. The van der Waals surface area contributed by atoms with Gasteiger partial charge in [-0.1, -0.05) is 26.2 Å². The van der Waals surface area contributed by atoms with Gasteiger partial charge in [0, 0.05) is 13.1 Å². The monoisotopic (exact) mass is 270 g/mol. The summed E-state index contributed by atoms with van der Waals surface area (Å²) in [6.07, 6.45) is 2.92. The average molecular weight is 270 g/mol. The highest BCUT2D eigenvalue weighted by Gasteiger charge is 2.13. The number of rotatable bonds is 6. The van der Waals surface area contributed by atoms with Gasteiger partial charge in [-0.05, 0) is 18.6 Å². The van der Waals surface area contributed by atoms with Crippen LogP contribution in [0, 0.1) is 18.6 Å². The number of amides is 1. The lowest BCUT2D eigenvalue weighted by Crippen LogP contribution is -2.27. The van der Waals surface area contributed by atoms with E-state index < -0.39 is 17.7 Å². The minimum atomic E-state index is -0.731. The van der Waals surface area contributed by atoms with Gasteiger partial charge in [-0.15, -0.1) is 0 Å². The molecule has 0 N–H and O–H groups in total. The Morgan fingerprint density at radius 3 is 2.42 bits per heavy atom. The molecule has 0 atom stereocenters. The number of nitrogens with zero attached hydrogens (tertiary/aromatic N) is 1. The lowest BCUT2D eigenvalue weighted by Gasteiger charge is -2.17. The molecule has 1 aromatic rings. The Hall–Kier alpha value is -1.65. The summed E-state index contributed by atoms with van der Waals surface area (Å²) >= 11 is 0. The topological polar surface area (TPSA) is 29.5 Å². The van der Waals surface area contributed by atoms with Crippen molar-refractivity contribution in [2.24, 2.45) is 0 Å². The standard InChI is InChI=1S/C14H18F2NO2/c1-3-4-5-6-7-19-14(18)17(2)13-9-11(15)8-12(16)10-13/h8-10H,1,3-7H2,2H3. The molecule has 1 rings (SSSR count). The Labute approximate surface area is 112 Å². The second-order valence-electron chi connectivity index (χ2n) is 4.22. The summed E-state index contributed by atoms with van der Waals surface area (Å²) < 4.78 is 31.0. The van der Waals surface area contributed by atoms with Crippen molar-refractivity contribution in [2.45, 2.75) is 25.7 Å². The van der Waals surface area contributed by atoms with Crippen LogP contribution in [0.15, 0.2) is 18.2 Å². The molecular weight excluding hydrogens is 252 g/mol. The number of ether oxygens (including phenoxy) is 1. The largest absolute Gasteiger partial charge is 0.449 e. The first kappa shape index (κ1) is 15.4. The highest BCUT2D eigenvalue weighted by Crippen LogP contribution is 2.17. The molecule has 3 nitrogen and oxygen atoms in total. The molecule has 0 bridgehead atoms. The third-order valence-electron chi connectivity index (χ3n) is 2.63. The van der Waals surface area contributed by atoms with Gasteiger partial charge in [-0.3, -0.25) is 4.90 Å². The first-order valence-electron chi connectivity index (χ1n) is 6.20. The second kappa shape index (κ2) is 7.71. The maximum absolute atomic E-state index is 13.0. The molecule has 0 fully saturated rings. The molecule has 0 saturated heterocycles. The number of carbonyl (C=O) groups excluding carboxylic acids is 1. The van der Waals surface area contributed by atoms with Gasteiger partial charge in [0.05, 0.1) is 12.3 Å². The summed E-state index contributed by atoms with van der Waals surface area (Å²) in [7, 11) is 1.41. The van der Waals surface area contributed by atoms with Gasteiger partial charge < -0.3 is 4.74 Å². The number of benzene rings is 1. The van der Waals surface area contributed by atoms with E-state index in [0.29, 0.717) is 6.61 Å². The second-order valence-corrected chi connectivity index (χ2v) is 4.22. The Balaban J connectivity index is 2.47. The van der Waals surface area contributed by atoms with Crippen molar-refractivity contribution in [2.75, 3.05) is 18.6 Å². The molecule has 0 unspecified atom stereocenters. The molecular formula is C14H18F2NO2. The highest BCUT2D eigenvalue weighted by molar-refractivity contribution is 5.86. The van der Waals surface area contributed by atoms with Crippen LogP contribution in [0.25, 0.3) is 0 Å². The fraction of sp³-hybridized carbons (Fsp3) is 0.429. The van der Waals surface area contributed by atoms with E-state index in [1.54, 1.807) is 0 Å². The normalized spacial score (nSPS) is 10.3. The fourth-order valence-corrected chi connectivity index (χ4v) is 1.55. The van der Waals surface area contributed by atoms with Crippen molar-refractivity contribution in [3.8, 4) is 0 Å². The Morgan fingerprint density at radius 2 is 1.84 bits per heavy atom. The average Bonchev–Trinajstić information content (AvgIpc) is 2.36. The van der Waals surface area contributed by atoms with Gasteiger partial charge in [-0.2, -0.15) is 0 Å². The van der Waals surface area contributed by atoms with E-state index in [-0.39, 0.29) is 5.69 Å². The molecule has 0 aliphatic heterocycles. The van der Waals surface area contributed by atoms with Crippen molar-refractivity contribution in [1.82, 2.24) is 0 Å². The zero-order valence-electron chi connectivity index (χ0n) is 11.0. The molecule has 105 valence electrons. The van der Waals surface area contributed by atoms with Gasteiger partial charge in [0.25, 0.3) is 0 Å². The molecule has 1 aromatic carbocycles. The van der Waals surface area contributed by atoms with E-state index in [9.17, 15) is 13.6 Å². The zero-order chi connectivity index (χ0) is 14.3. The summed E-state index contributed by atoms with van der Waals surface area (Å²) in [5, 5.41) is 0. The highest BCUT2D eigenvalue weighted by atomic mass is 19.1. The van der Waals surface area contributed by atoms with E-state index in [2.05, 4.69) is 6.92 Å². The van der Waals surface area contributed by atoms with Crippen LogP contribution in [-0.4, -0.2) is 19.7 Å². The quantitative estimate of drug-likeness (QED) is 0.733. The maximum atomic E-state index is 13.0. The number of carbonyl (C=O) groups is 1. The maximum Gasteiger partial charge on any atom is 0.414 e. The van der Waals surface area contributed by atoms with Crippen molar-refractivity contribution < 1.29 is 18.3 Å².